The summed E-state index contributed by atoms with van der Waals surface area (Å²) >= 11 is 13.8. The van der Waals surface area contributed by atoms with Gasteiger partial charge in [-0.15, -0.1) is 0 Å². The molecular formula is C61H53Cl2FN4O13. The third-order valence-corrected chi connectivity index (χ3v) is 14.6. The van der Waals surface area contributed by atoms with E-state index in [-0.39, 0.29) is 96.2 Å². The van der Waals surface area contributed by atoms with Crippen molar-refractivity contribution in [2.75, 3.05) is 27.4 Å². The summed E-state index contributed by atoms with van der Waals surface area (Å²) in [5.74, 6) is -3.59. The van der Waals surface area contributed by atoms with Crippen LogP contribution >= 0.6 is 23.2 Å². The highest BCUT2D eigenvalue weighted by molar-refractivity contribution is 6.35. The molecule has 10 rings (SSSR count). The number of esters is 3. The number of aromatic nitrogens is 3. The zero-order valence-electron chi connectivity index (χ0n) is 44.3. The average molecular weight is 1140 g/mol. The standard InChI is InChI=1S/C61H53Cl2FN4O13/c1-33(69)78-55-49(75-3)30-42-53(51(55)62)80-54-43(31-50(76-4)56(52(54)63)79-34(2)70)61(42)41-29-38(19-22-40(41)60(74)81-61)58(72)65-24-12-7-5-6-8-13-25-77-48-23-16-36(26-44(48)64)28-46-59(73)68-32-47(37-17-20-39(71)21-18-37)66-45(57(68)67-46)27-35-14-10-9-11-15-35/h9-11,14-23,26,29-32,71,73H,5-8,12-13,24-25,27-28H2,1-4H3,(H,65,72). The molecule has 0 radical (unpaired) electrons. The number of hydrogen-bond donors (Lipinski definition) is 3. The molecular weight excluding hydrogens is 1090 g/mol. The lowest BCUT2D eigenvalue weighted by Gasteiger charge is -2.38. The van der Waals surface area contributed by atoms with E-state index in [0.29, 0.717) is 60.7 Å². The first-order valence-corrected chi connectivity index (χ1v) is 26.7. The zero-order valence-corrected chi connectivity index (χ0v) is 45.8. The number of nitrogens with zero attached hydrogens (tertiary/aromatic N) is 3. The Bertz CT molecular complexity index is 3700. The Kier molecular flexibility index (Phi) is 16.1. The molecule has 0 unspecified atom stereocenters. The van der Waals surface area contributed by atoms with E-state index in [1.807, 2.05) is 30.3 Å². The number of rotatable bonds is 20. The monoisotopic (exact) mass is 1140 g/mol. The van der Waals surface area contributed by atoms with Crippen molar-refractivity contribution in [3.8, 4) is 63.1 Å². The number of benzene rings is 6. The van der Waals surface area contributed by atoms with Gasteiger partial charge >= 0.3 is 17.9 Å². The molecule has 8 aromatic rings. The minimum Gasteiger partial charge on any atom is -0.508 e. The molecule has 20 heteroatoms. The summed E-state index contributed by atoms with van der Waals surface area (Å²) in [5, 5.41) is 23.8. The molecule has 81 heavy (non-hydrogen) atoms. The van der Waals surface area contributed by atoms with Crippen LogP contribution in [0.1, 0.15) is 112 Å². The number of methoxy groups -OCH3 is 2. The number of carbonyl (C=O) groups is 4. The summed E-state index contributed by atoms with van der Waals surface area (Å²) < 4.78 is 57.5. The van der Waals surface area contributed by atoms with E-state index in [2.05, 4.69) is 5.32 Å². The normalized spacial score (nSPS) is 12.7. The lowest BCUT2D eigenvalue weighted by Crippen LogP contribution is -2.34. The van der Waals surface area contributed by atoms with Crippen LogP contribution < -0.4 is 33.7 Å². The van der Waals surface area contributed by atoms with E-state index in [0.717, 1.165) is 36.8 Å². The molecule has 2 aromatic heterocycles. The van der Waals surface area contributed by atoms with E-state index in [4.69, 9.17) is 66.3 Å². The molecule has 4 heterocycles. The molecule has 1 spiro atoms. The largest absolute Gasteiger partial charge is 0.508 e. The van der Waals surface area contributed by atoms with Crippen LogP contribution in [-0.2, 0) is 32.8 Å². The molecule has 2 aliphatic rings. The van der Waals surface area contributed by atoms with Gasteiger partial charge in [-0.05, 0) is 90.7 Å². The number of ether oxygens (including phenoxy) is 7. The van der Waals surface area contributed by atoms with E-state index in [9.17, 15) is 29.4 Å². The Balaban J connectivity index is 0.744. The summed E-state index contributed by atoms with van der Waals surface area (Å²) in [5.41, 5.74) is 3.35. The summed E-state index contributed by atoms with van der Waals surface area (Å²) in [7, 11) is 2.66. The number of aromatic hydroxyl groups is 2. The molecule has 0 bridgehead atoms. The van der Waals surface area contributed by atoms with Crippen LogP contribution in [0.15, 0.2) is 109 Å². The fraction of sp³-hybridized carbons (Fsp3) is 0.246. The molecule has 0 fully saturated rings. The molecule has 0 atom stereocenters. The zero-order chi connectivity index (χ0) is 57.1. The number of halogens is 3. The van der Waals surface area contributed by atoms with Crippen molar-refractivity contribution in [2.45, 2.75) is 70.8 Å². The van der Waals surface area contributed by atoms with E-state index >= 15 is 4.39 Å². The molecule has 0 saturated heterocycles. The van der Waals surface area contributed by atoms with Crippen molar-refractivity contribution < 1.29 is 66.9 Å². The number of fused-ring (bicyclic) bond motifs is 7. The maximum Gasteiger partial charge on any atom is 0.340 e. The molecule has 0 saturated carbocycles. The van der Waals surface area contributed by atoms with Crippen molar-refractivity contribution >= 4 is 52.7 Å². The highest BCUT2D eigenvalue weighted by Crippen LogP contribution is 2.63. The van der Waals surface area contributed by atoms with Gasteiger partial charge in [0.15, 0.2) is 57.3 Å². The lowest BCUT2D eigenvalue weighted by atomic mass is 9.77. The van der Waals surface area contributed by atoms with E-state index in [1.165, 1.54) is 64.5 Å². The number of phenols is 1. The Morgan fingerprint density at radius 3 is 1.96 bits per heavy atom. The van der Waals surface area contributed by atoms with Crippen LogP contribution in [0.5, 0.6) is 51.9 Å². The predicted octanol–water partition coefficient (Wildman–Crippen LogP) is 12.0. The van der Waals surface area contributed by atoms with Gasteiger partial charge in [-0.1, -0.05) is 85.3 Å². The van der Waals surface area contributed by atoms with Crippen LogP contribution in [0.2, 0.25) is 10.0 Å². The molecule has 3 N–H and O–H groups in total. The van der Waals surface area contributed by atoms with Crippen molar-refractivity contribution in [3.05, 3.63) is 176 Å². The van der Waals surface area contributed by atoms with Crippen molar-refractivity contribution in [2.24, 2.45) is 0 Å². The minimum atomic E-state index is -1.91. The number of phenolic OH excluding ortho intramolecular Hbond substituents is 1. The fourth-order valence-electron chi connectivity index (χ4n) is 10.1. The summed E-state index contributed by atoms with van der Waals surface area (Å²) in [6.07, 6.45) is 7.13. The number of nitrogens with one attached hydrogen (secondary N) is 1. The summed E-state index contributed by atoms with van der Waals surface area (Å²) in [4.78, 5) is 61.8. The second kappa shape index (κ2) is 23.5. The molecule has 416 valence electrons. The Labute approximate surface area is 474 Å². The first-order chi connectivity index (χ1) is 39.1. The summed E-state index contributed by atoms with van der Waals surface area (Å²) in [6.45, 7) is 3.02. The molecule has 17 nitrogen and oxygen atoms in total. The van der Waals surface area contributed by atoms with Gasteiger partial charge in [0, 0.05) is 56.1 Å². The maximum absolute atomic E-state index is 15.4. The minimum absolute atomic E-state index is 0.00394. The van der Waals surface area contributed by atoms with Crippen LogP contribution in [0.4, 0.5) is 4.39 Å². The quantitative estimate of drug-likeness (QED) is 0.0367. The highest BCUT2D eigenvalue weighted by Gasteiger charge is 2.56. The van der Waals surface area contributed by atoms with Gasteiger partial charge in [0.05, 0.1) is 48.9 Å². The SMILES string of the molecule is COc1cc2c(c(Cl)c1OC(C)=O)Oc1c(cc(OC)c(OC(C)=O)c1Cl)C21OC(=O)c2ccc(C(=O)NCCCCCCCCOc3ccc(Cc4nc5c(Cc6ccccc6)nc(-c6ccc(O)cc6)cn5c4O)cc3F)cc21. The van der Waals surface area contributed by atoms with Crippen molar-refractivity contribution in [3.63, 3.8) is 0 Å². The van der Waals surface area contributed by atoms with Gasteiger partial charge in [0.2, 0.25) is 5.88 Å². The first-order valence-electron chi connectivity index (χ1n) is 26.0. The van der Waals surface area contributed by atoms with Gasteiger partial charge in [0.25, 0.3) is 5.91 Å². The van der Waals surface area contributed by atoms with Crippen molar-refractivity contribution in [1.82, 2.24) is 19.7 Å². The summed E-state index contributed by atoms with van der Waals surface area (Å²) in [6, 6.07) is 28.6. The van der Waals surface area contributed by atoms with Crippen LogP contribution in [0.3, 0.4) is 0 Å². The third-order valence-electron chi connectivity index (χ3n) is 13.9. The number of amides is 1. The number of hydrogen-bond acceptors (Lipinski definition) is 15. The molecule has 2 aliphatic heterocycles. The van der Waals surface area contributed by atoms with Gasteiger partial charge in [-0.3, -0.25) is 18.8 Å². The number of carbonyl (C=O) groups excluding carboxylic acids is 4. The number of unbranched alkanes of at least 4 members (excludes halogenated alkanes) is 5. The molecule has 0 aliphatic carbocycles. The van der Waals surface area contributed by atoms with Gasteiger partial charge in [0.1, 0.15) is 21.5 Å². The van der Waals surface area contributed by atoms with Gasteiger partial charge < -0.3 is 48.7 Å². The van der Waals surface area contributed by atoms with Crippen LogP contribution in [-0.4, -0.2) is 75.8 Å². The highest BCUT2D eigenvalue weighted by atomic mass is 35.5. The van der Waals surface area contributed by atoms with Crippen LogP contribution in [0, 0.1) is 5.82 Å². The second-order valence-electron chi connectivity index (χ2n) is 19.3. The van der Waals surface area contributed by atoms with Crippen molar-refractivity contribution in [1.29, 1.82) is 0 Å². The Hall–Kier alpha value is -8.87. The van der Waals surface area contributed by atoms with E-state index in [1.54, 1.807) is 47.0 Å². The Morgan fingerprint density at radius 1 is 0.704 bits per heavy atom. The average Bonchev–Trinajstić information content (AvgIpc) is 3.20. The molecule has 1 amide bonds. The third kappa shape index (κ3) is 11.1. The first kappa shape index (κ1) is 55.4. The van der Waals surface area contributed by atoms with E-state index < -0.39 is 35.2 Å². The fourth-order valence-corrected chi connectivity index (χ4v) is 10.6. The predicted molar refractivity (Wildman–Crippen MR) is 296 cm³/mol. The Morgan fingerprint density at radius 2 is 1.33 bits per heavy atom. The topological polar surface area (TPSA) is 216 Å². The number of imidazole rings is 1. The van der Waals surface area contributed by atoms with Crippen LogP contribution in [0.25, 0.3) is 16.9 Å². The lowest BCUT2D eigenvalue weighted by molar-refractivity contribution is -0.132. The van der Waals surface area contributed by atoms with Gasteiger partial charge in [-0.25, -0.2) is 19.2 Å². The molecule has 6 aromatic carbocycles. The second-order valence-corrected chi connectivity index (χ2v) is 20.1. The maximum atomic E-state index is 15.4. The smallest absolute Gasteiger partial charge is 0.340 e. The van der Waals surface area contributed by atoms with Gasteiger partial charge in [-0.2, -0.15) is 0 Å².